The molecule has 0 radical (unpaired) electrons. The Kier molecular flexibility index (Phi) is 6.07. The minimum absolute atomic E-state index is 0.00442. The van der Waals surface area contributed by atoms with E-state index < -0.39 is 5.97 Å². The number of hydrogen-bond acceptors (Lipinski definition) is 4. The van der Waals surface area contributed by atoms with Crippen molar-refractivity contribution in [1.82, 2.24) is 9.80 Å². The molecule has 0 aliphatic carbocycles. The molecule has 3 N–H and O–H groups in total. The SMILES string of the molecule is CCN(CCC(=O)O)C(=O)CN1CCC(N)CC1. The molecule has 6 heteroatoms. The quantitative estimate of drug-likeness (QED) is 0.684. The first-order chi connectivity index (χ1) is 8.52. The summed E-state index contributed by atoms with van der Waals surface area (Å²) < 4.78 is 0. The molecule has 1 aliphatic rings. The van der Waals surface area contributed by atoms with E-state index in [9.17, 15) is 9.59 Å². The number of nitrogens with zero attached hydrogens (tertiary/aromatic N) is 2. The molecule has 0 aromatic heterocycles. The van der Waals surface area contributed by atoms with E-state index in [-0.39, 0.29) is 24.9 Å². The first kappa shape index (κ1) is 14.9. The lowest BCUT2D eigenvalue weighted by Crippen LogP contribution is -2.46. The van der Waals surface area contributed by atoms with E-state index in [1.54, 1.807) is 4.90 Å². The van der Waals surface area contributed by atoms with Crippen LogP contribution in [0.5, 0.6) is 0 Å². The van der Waals surface area contributed by atoms with E-state index in [0.717, 1.165) is 25.9 Å². The number of nitrogens with two attached hydrogens (primary N) is 1. The van der Waals surface area contributed by atoms with Crippen molar-refractivity contribution in [2.75, 3.05) is 32.7 Å². The van der Waals surface area contributed by atoms with Crippen molar-refractivity contribution in [3.8, 4) is 0 Å². The Morgan fingerprint density at radius 1 is 1.39 bits per heavy atom. The van der Waals surface area contributed by atoms with Gasteiger partial charge >= 0.3 is 5.97 Å². The average molecular weight is 257 g/mol. The highest BCUT2D eigenvalue weighted by Crippen LogP contribution is 2.08. The second-order valence-corrected chi connectivity index (χ2v) is 4.73. The molecule has 1 heterocycles. The molecule has 104 valence electrons. The van der Waals surface area contributed by atoms with Gasteiger partial charge in [0, 0.05) is 32.2 Å². The van der Waals surface area contributed by atoms with Gasteiger partial charge in [0.2, 0.25) is 5.91 Å². The molecule has 0 bridgehead atoms. The van der Waals surface area contributed by atoms with Crippen molar-refractivity contribution in [3.63, 3.8) is 0 Å². The predicted octanol–water partition coefficient (Wildman–Crippen LogP) is -0.267. The van der Waals surface area contributed by atoms with Crippen LogP contribution in [0.3, 0.4) is 0 Å². The zero-order chi connectivity index (χ0) is 13.5. The van der Waals surface area contributed by atoms with Crippen LogP contribution in [0.25, 0.3) is 0 Å². The Hall–Kier alpha value is -1.14. The molecule has 0 saturated carbocycles. The first-order valence-corrected chi connectivity index (χ1v) is 6.50. The Morgan fingerprint density at radius 2 is 2.00 bits per heavy atom. The molecule has 18 heavy (non-hydrogen) atoms. The standard InChI is InChI=1S/C12H23N3O3/c1-2-15(8-5-12(17)18)11(16)9-14-6-3-10(13)4-7-14/h10H,2-9,13H2,1H3,(H,17,18). The minimum atomic E-state index is -0.870. The molecule has 0 spiro atoms. The molecule has 1 aliphatic heterocycles. The van der Waals surface area contributed by atoms with Crippen molar-refractivity contribution in [3.05, 3.63) is 0 Å². The molecule has 1 saturated heterocycles. The zero-order valence-corrected chi connectivity index (χ0v) is 11.0. The van der Waals surface area contributed by atoms with Gasteiger partial charge in [0.15, 0.2) is 0 Å². The van der Waals surface area contributed by atoms with Crippen molar-refractivity contribution in [1.29, 1.82) is 0 Å². The summed E-state index contributed by atoms with van der Waals surface area (Å²) in [6.45, 7) is 4.79. The minimum Gasteiger partial charge on any atom is -0.481 e. The summed E-state index contributed by atoms with van der Waals surface area (Å²) in [7, 11) is 0. The van der Waals surface area contributed by atoms with Gasteiger partial charge in [0.25, 0.3) is 0 Å². The summed E-state index contributed by atoms with van der Waals surface area (Å²) in [5.74, 6) is -0.862. The number of rotatable bonds is 6. The number of carboxylic acid groups (broad SMARTS) is 1. The molecular weight excluding hydrogens is 234 g/mol. The Morgan fingerprint density at radius 3 is 2.50 bits per heavy atom. The van der Waals surface area contributed by atoms with Gasteiger partial charge in [0.1, 0.15) is 0 Å². The summed E-state index contributed by atoms with van der Waals surface area (Å²) in [4.78, 5) is 26.2. The lowest BCUT2D eigenvalue weighted by molar-refractivity contribution is -0.138. The number of amides is 1. The Labute approximate surface area is 108 Å². The van der Waals surface area contributed by atoms with Crippen LogP contribution in [0.15, 0.2) is 0 Å². The van der Waals surface area contributed by atoms with Crippen LogP contribution in [0.2, 0.25) is 0 Å². The lowest BCUT2D eigenvalue weighted by Gasteiger charge is -2.31. The highest BCUT2D eigenvalue weighted by molar-refractivity contribution is 5.79. The van der Waals surface area contributed by atoms with Crippen LogP contribution in [0.1, 0.15) is 26.2 Å². The van der Waals surface area contributed by atoms with Gasteiger partial charge in [0.05, 0.1) is 13.0 Å². The summed E-state index contributed by atoms with van der Waals surface area (Å²) in [6, 6.07) is 0.255. The molecule has 0 aromatic carbocycles. The number of hydrogen-bond donors (Lipinski definition) is 2. The van der Waals surface area contributed by atoms with E-state index in [4.69, 9.17) is 10.8 Å². The maximum absolute atomic E-state index is 12.0. The number of aliphatic carboxylic acids is 1. The Balaban J connectivity index is 2.35. The Bertz CT molecular complexity index is 288. The maximum Gasteiger partial charge on any atom is 0.305 e. The number of carbonyl (C=O) groups is 2. The third-order valence-electron chi connectivity index (χ3n) is 3.32. The first-order valence-electron chi connectivity index (χ1n) is 6.50. The summed E-state index contributed by atoms with van der Waals surface area (Å²) in [5, 5.41) is 8.63. The average Bonchev–Trinajstić information content (AvgIpc) is 2.32. The third-order valence-corrected chi connectivity index (χ3v) is 3.32. The van der Waals surface area contributed by atoms with E-state index >= 15 is 0 Å². The van der Waals surface area contributed by atoms with Crippen molar-refractivity contribution in [2.24, 2.45) is 5.73 Å². The molecule has 0 atom stereocenters. The van der Waals surface area contributed by atoms with Gasteiger partial charge in [-0.3, -0.25) is 14.5 Å². The van der Waals surface area contributed by atoms with Crippen LogP contribution in [0, 0.1) is 0 Å². The summed E-state index contributed by atoms with van der Waals surface area (Å²) >= 11 is 0. The normalized spacial score (nSPS) is 17.7. The van der Waals surface area contributed by atoms with E-state index in [0.29, 0.717) is 13.1 Å². The largest absolute Gasteiger partial charge is 0.481 e. The fourth-order valence-corrected chi connectivity index (χ4v) is 2.09. The van der Waals surface area contributed by atoms with Gasteiger partial charge in [-0.05, 0) is 19.8 Å². The predicted molar refractivity (Wildman–Crippen MR) is 68.2 cm³/mol. The lowest BCUT2D eigenvalue weighted by atomic mass is 10.1. The van der Waals surface area contributed by atoms with Gasteiger partial charge in [-0.1, -0.05) is 0 Å². The molecule has 1 rings (SSSR count). The topological polar surface area (TPSA) is 86.9 Å². The third kappa shape index (κ3) is 5.01. The zero-order valence-electron chi connectivity index (χ0n) is 11.0. The highest BCUT2D eigenvalue weighted by atomic mass is 16.4. The molecule has 0 unspecified atom stereocenters. The number of likely N-dealkylation sites (tertiary alicyclic amines) is 1. The van der Waals surface area contributed by atoms with Gasteiger partial charge in [-0.25, -0.2) is 0 Å². The van der Waals surface area contributed by atoms with Crippen LogP contribution in [0.4, 0.5) is 0 Å². The van der Waals surface area contributed by atoms with E-state index in [1.807, 2.05) is 6.92 Å². The molecule has 1 amide bonds. The molecule has 0 aromatic rings. The summed E-state index contributed by atoms with van der Waals surface area (Å²) in [5.41, 5.74) is 5.81. The number of carbonyl (C=O) groups excluding carboxylic acids is 1. The van der Waals surface area contributed by atoms with Crippen LogP contribution >= 0.6 is 0 Å². The van der Waals surface area contributed by atoms with Crippen LogP contribution in [-0.2, 0) is 9.59 Å². The molecule has 1 fully saturated rings. The number of carboxylic acids is 1. The second-order valence-electron chi connectivity index (χ2n) is 4.73. The van der Waals surface area contributed by atoms with Gasteiger partial charge in [-0.2, -0.15) is 0 Å². The second kappa shape index (κ2) is 7.33. The summed E-state index contributed by atoms with van der Waals surface area (Å²) in [6.07, 6.45) is 1.85. The molecule has 6 nitrogen and oxygen atoms in total. The van der Waals surface area contributed by atoms with E-state index in [1.165, 1.54) is 0 Å². The smallest absolute Gasteiger partial charge is 0.305 e. The maximum atomic E-state index is 12.0. The number of likely N-dealkylation sites (N-methyl/N-ethyl adjacent to an activating group) is 1. The fourth-order valence-electron chi connectivity index (χ4n) is 2.09. The van der Waals surface area contributed by atoms with E-state index in [2.05, 4.69) is 4.90 Å². The fraction of sp³-hybridized carbons (Fsp3) is 0.833. The van der Waals surface area contributed by atoms with Crippen LogP contribution < -0.4 is 5.73 Å². The highest BCUT2D eigenvalue weighted by Gasteiger charge is 2.20. The van der Waals surface area contributed by atoms with Gasteiger partial charge in [-0.15, -0.1) is 0 Å². The molecular formula is C12H23N3O3. The van der Waals surface area contributed by atoms with Crippen molar-refractivity contribution >= 4 is 11.9 Å². The van der Waals surface area contributed by atoms with Gasteiger partial charge < -0.3 is 15.7 Å². The van der Waals surface area contributed by atoms with Crippen LogP contribution in [-0.4, -0.2) is 65.5 Å². The van der Waals surface area contributed by atoms with Crippen molar-refractivity contribution < 1.29 is 14.7 Å². The number of piperidine rings is 1. The monoisotopic (exact) mass is 257 g/mol. The van der Waals surface area contributed by atoms with Crippen molar-refractivity contribution in [2.45, 2.75) is 32.2 Å².